The van der Waals surface area contributed by atoms with Gasteiger partial charge in [-0.05, 0) is 30.7 Å². The molecule has 4 rings (SSSR count). The predicted molar refractivity (Wildman–Crippen MR) is 116 cm³/mol. The molecular formula is C23H22N4OS. The third-order valence-corrected chi connectivity index (χ3v) is 5.63. The number of hydrogen-bond acceptors (Lipinski definition) is 5. The lowest BCUT2D eigenvalue weighted by molar-refractivity contribution is 0.411. The van der Waals surface area contributed by atoms with E-state index >= 15 is 0 Å². The molecule has 0 saturated carbocycles. The summed E-state index contributed by atoms with van der Waals surface area (Å²) in [6.07, 6.45) is 3.59. The first-order valence-corrected chi connectivity index (χ1v) is 10.4. The Morgan fingerprint density at radius 2 is 1.86 bits per heavy atom. The first-order chi connectivity index (χ1) is 14.2. The fourth-order valence-corrected chi connectivity index (χ4v) is 4.09. The van der Waals surface area contributed by atoms with E-state index in [9.17, 15) is 0 Å². The molecule has 4 aromatic rings. The number of ether oxygens (including phenoxy) is 1. The van der Waals surface area contributed by atoms with E-state index in [0.29, 0.717) is 6.54 Å². The van der Waals surface area contributed by atoms with Crippen LogP contribution in [0.5, 0.6) is 5.75 Å². The lowest BCUT2D eigenvalue weighted by atomic mass is 10.1. The van der Waals surface area contributed by atoms with Gasteiger partial charge in [0.15, 0.2) is 11.0 Å². The van der Waals surface area contributed by atoms with Crippen LogP contribution in [0.2, 0.25) is 0 Å². The molecule has 0 radical (unpaired) electrons. The van der Waals surface area contributed by atoms with Crippen LogP contribution in [0, 0.1) is 6.92 Å². The van der Waals surface area contributed by atoms with Gasteiger partial charge in [-0.15, -0.1) is 10.2 Å². The summed E-state index contributed by atoms with van der Waals surface area (Å²) in [7, 11) is 1.71. The molecule has 146 valence electrons. The maximum Gasteiger partial charge on any atom is 0.192 e. The Kier molecular flexibility index (Phi) is 5.91. The molecule has 0 fully saturated rings. The van der Waals surface area contributed by atoms with Crippen LogP contribution < -0.4 is 4.74 Å². The molecule has 0 N–H and O–H groups in total. The summed E-state index contributed by atoms with van der Waals surface area (Å²) in [5.41, 5.74) is 4.52. The SMILES string of the molecule is COc1ccc(C)cc1CSc1nnc(-c2cccnc2)n1Cc1ccccc1. The van der Waals surface area contributed by atoms with Crippen LogP contribution in [-0.4, -0.2) is 26.9 Å². The number of aryl methyl sites for hydroxylation is 1. The summed E-state index contributed by atoms with van der Waals surface area (Å²) >= 11 is 1.66. The van der Waals surface area contributed by atoms with Crippen molar-refractivity contribution in [2.45, 2.75) is 24.4 Å². The van der Waals surface area contributed by atoms with Crippen molar-refractivity contribution in [3.8, 4) is 17.1 Å². The highest BCUT2D eigenvalue weighted by molar-refractivity contribution is 7.98. The second-order valence-electron chi connectivity index (χ2n) is 6.72. The second-order valence-corrected chi connectivity index (χ2v) is 7.67. The van der Waals surface area contributed by atoms with Gasteiger partial charge in [0.2, 0.25) is 0 Å². The maximum absolute atomic E-state index is 5.52. The zero-order chi connectivity index (χ0) is 20.1. The molecule has 0 spiro atoms. The van der Waals surface area contributed by atoms with E-state index in [-0.39, 0.29) is 0 Å². The number of aromatic nitrogens is 4. The number of nitrogens with zero attached hydrogens (tertiary/aromatic N) is 4. The van der Waals surface area contributed by atoms with E-state index in [0.717, 1.165) is 33.6 Å². The van der Waals surface area contributed by atoms with Crippen molar-refractivity contribution in [3.05, 3.63) is 89.7 Å². The molecule has 0 saturated heterocycles. The van der Waals surface area contributed by atoms with E-state index in [4.69, 9.17) is 4.74 Å². The van der Waals surface area contributed by atoms with Gasteiger partial charge in [0.05, 0.1) is 13.7 Å². The Labute approximate surface area is 174 Å². The van der Waals surface area contributed by atoms with Crippen LogP contribution in [-0.2, 0) is 12.3 Å². The topological polar surface area (TPSA) is 52.8 Å². The van der Waals surface area contributed by atoms with Gasteiger partial charge in [0.1, 0.15) is 5.75 Å². The van der Waals surface area contributed by atoms with Crippen molar-refractivity contribution in [3.63, 3.8) is 0 Å². The fraction of sp³-hybridized carbons (Fsp3) is 0.174. The Morgan fingerprint density at radius 3 is 2.62 bits per heavy atom. The van der Waals surface area contributed by atoms with Crippen molar-refractivity contribution < 1.29 is 4.74 Å². The predicted octanol–water partition coefficient (Wildman–Crippen LogP) is 5.00. The average Bonchev–Trinajstić information content (AvgIpc) is 3.16. The molecule has 0 atom stereocenters. The smallest absolute Gasteiger partial charge is 0.192 e. The largest absolute Gasteiger partial charge is 0.496 e. The van der Waals surface area contributed by atoms with Crippen molar-refractivity contribution >= 4 is 11.8 Å². The number of thioether (sulfide) groups is 1. The maximum atomic E-state index is 5.52. The fourth-order valence-electron chi connectivity index (χ4n) is 3.18. The van der Waals surface area contributed by atoms with Gasteiger partial charge in [0, 0.05) is 29.3 Å². The van der Waals surface area contributed by atoms with Gasteiger partial charge in [-0.2, -0.15) is 0 Å². The highest BCUT2D eigenvalue weighted by Crippen LogP contribution is 2.30. The molecule has 0 aliphatic carbocycles. The molecule has 0 aliphatic heterocycles. The lowest BCUT2D eigenvalue weighted by Gasteiger charge is -2.12. The Morgan fingerprint density at radius 1 is 1.00 bits per heavy atom. The molecule has 0 aliphatic rings. The highest BCUT2D eigenvalue weighted by atomic mass is 32.2. The summed E-state index contributed by atoms with van der Waals surface area (Å²) < 4.78 is 7.68. The molecule has 2 heterocycles. The first-order valence-electron chi connectivity index (χ1n) is 9.38. The third-order valence-electron chi connectivity index (χ3n) is 4.61. The van der Waals surface area contributed by atoms with Gasteiger partial charge in [-0.1, -0.05) is 59.8 Å². The summed E-state index contributed by atoms with van der Waals surface area (Å²) in [6, 6.07) is 20.5. The zero-order valence-electron chi connectivity index (χ0n) is 16.4. The quantitative estimate of drug-likeness (QED) is 0.407. The number of pyridine rings is 1. The average molecular weight is 403 g/mol. The number of hydrogen-bond donors (Lipinski definition) is 0. The summed E-state index contributed by atoms with van der Waals surface area (Å²) in [4.78, 5) is 4.24. The molecule has 29 heavy (non-hydrogen) atoms. The van der Waals surface area contributed by atoms with Gasteiger partial charge in [-0.25, -0.2) is 0 Å². The van der Waals surface area contributed by atoms with Crippen molar-refractivity contribution in [1.29, 1.82) is 0 Å². The molecule has 5 nitrogen and oxygen atoms in total. The van der Waals surface area contributed by atoms with Crippen molar-refractivity contribution in [2.24, 2.45) is 0 Å². The molecule has 2 aromatic carbocycles. The highest BCUT2D eigenvalue weighted by Gasteiger charge is 2.16. The minimum absolute atomic E-state index is 0.700. The van der Waals surface area contributed by atoms with Gasteiger partial charge < -0.3 is 4.74 Å². The lowest BCUT2D eigenvalue weighted by Crippen LogP contribution is -2.04. The summed E-state index contributed by atoms with van der Waals surface area (Å²) in [5.74, 6) is 2.47. The molecule has 6 heteroatoms. The van der Waals surface area contributed by atoms with Crippen LogP contribution in [0.4, 0.5) is 0 Å². The van der Waals surface area contributed by atoms with Crippen molar-refractivity contribution in [1.82, 2.24) is 19.7 Å². The first kappa shape index (κ1) is 19.2. The monoisotopic (exact) mass is 402 g/mol. The standard InChI is InChI=1S/C23H22N4OS/c1-17-10-11-21(28-2)20(13-17)16-29-23-26-25-22(19-9-6-12-24-14-19)27(23)15-18-7-4-3-5-8-18/h3-14H,15-16H2,1-2H3. The Balaban J connectivity index is 1.66. The van der Waals surface area contributed by atoms with Crippen LogP contribution in [0.3, 0.4) is 0 Å². The van der Waals surface area contributed by atoms with E-state index in [2.05, 4.69) is 50.9 Å². The normalized spacial score (nSPS) is 10.8. The van der Waals surface area contributed by atoms with Crippen LogP contribution in [0.15, 0.2) is 78.2 Å². The van der Waals surface area contributed by atoms with E-state index in [1.165, 1.54) is 11.1 Å². The molecular weight excluding hydrogens is 380 g/mol. The van der Waals surface area contributed by atoms with Gasteiger partial charge in [0.25, 0.3) is 0 Å². The summed E-state index contributed by atoms with van der Waals surface area (Å²) in [6.45, 7) is 2.79. The van der Waals surface area contributed by atoms with Crippen molar-refractivity contribution in [2.75, 3.05) is 7.11 Å². The summed E-state index contributed by atoms with van der Waals surface area (Å²) in [5, 5.41) is 9.84. The second kappa shape index (κ2) is 8.92. The number of benzene rings is 2. The number of methoxy groups -OCH3 is 1. The molecule has 0 bridgehead atoms. The Hall–Kier alpha value is -3.12. The zero-order valence-corrected chi connectivity index (χ0v) is 17.3. The minimum Gasteiger partial charge on any atom is -0.496 e. The van der Waals surface area contributed by atoms with Crippen LogP contribution in [0.1, 0.15) is 16.7 Å². The molecule has 0 unspecified atom stereocenters. The van der Waals surface area contributed by atoms with Gasteiger partial charge >= 0.3 is 0 Å². The van der Waals surface area contributed by atoms with E-state index in [1.807, 2.05) is 42.6 Å². The van der Waals surface area contributed by atoms with Crippen LogP contribution >= 0.6 is 11.8 Å². The molecule has 2 aromatic heterocycles. The molecule has 0 amide bonds. The minimum atomic E-state index is 0.700. The van der Waals surface area contributed by atoms with E-state index < -0.39 is 0 Å². The van der Waals surface area contributed by atoms with E-state index in [1.54, 1.807) is 25.1 Å². The third kappa shape index (κ3) is 4.49. The Bertz CT molecular complexity index is 1080. The van der Waals surface area contributed by atoms with Gasteiger partial charge in [-0.3, -0.25) is 9.55 Å². The van der Waals surface area contributed by atoms with Crippen LogP contribution in [0.25, 0.3) is 11.4 Å². The number of rotatable bonds is 7.